The predicted octanol–water partition coefficient (Wildman–Crippen LogP) is 4.29. The number of phenolic OH excluding ortho intramolecular Hbond substituents is 1. The summed E-state index contributed by atoms with van der Waals surface area (Å²) < 4.78 is 10.6. The van der Waals surface area contributed by atoms with Crippen LogP contribution in [0.3, 0.4) is 0 Å². The van der Waals surface area contributed by atoms with Crippen molar-refractivity contribution in [1.29, 1.82) is 0 Å². The van der Waals surface area contributed by atoms with Gasteiger partial charge in [0.1, 0.15) is 17.6 Å². The van der Waals surface area contributed by atoms with Gasteiger partial charge in [0.2, 0.25) is 0 Å². The fourth-order valence-electron chi connectivity index (χ4n) is 3.25. The van der Waals surface area contributed by atoms with Crippen LogP contribution in [0.1, 0.15) is 63.5 Å². The molecule has 1 aliphatic heterocycles. The quantitative estimate of drug-likeness (QED) is 0.548. The zero-order chi connectivity index (χ0) is 24.6. The average Bonchev–Trinajstić information content (AvgIpc) is 3.10. The molecule has 3 rings (SSSR count). The lowest BCUT2D eigenvalue weighted by molar-refractivity contribution is 0.00519. The summed E-state index contributed by atoms with van der Waals surface area (Å²) in [5, 5.41) is 16.6. The molecule has 1 aromatic heterocycles. The van der Waals surface area contributed by atoms with Crippen LogP contribution in [0.5, 0.6) is 5.75 Å². The molecule has 0 aliphatic carbocycles. The van der Waals surface area contributed by atoms with Crippen LogP contribution in [-0.2, 0) is 16.7 Å². The number of aromatic nitrogens is 1. The van der Waals surface area contributed by atoms with Crippen LogP contribution in [0, 0.1) is 0 Å². The lowest BCUT2D eigenvalue weighted by Crippen LogP contribution is -2.61. The largest absolute Gasteiger partial charge is 0.506 e. The van der Waals surface area contributed by atoms with E-state index >= 15 is 0 Å². The number of carbonyl (C=O) groups is 2. The number of nitrogens with one attached hydrogen (secondary N) is 2. The molecule has 9 nitrogen and oxygen atoms in total. The van der Waals surface area contributed by atoms with Crippen LogP contribution in [0.15, 0.2) is 22.8 Å². The first-order chi connectivity index (χ1) is 15.2. The fourth-order valence-corrected chi connectivity index (χ4v) is 3.69. The van der Waals surface area contributed by atoms with E-state index in [0.29, 0.717) is 29.5 Å². The van der Waals surface area contributed by atoms with Gasteiger partial charge in [0.05, 0.1) is 24.0 Å². The standard InChI is InChI=1S/C23H31ClN4O5/c1-22(2,3)15-7-17(18(29)8-16(15)24)25-9-13-12-32-20(27-13)19(30)26-14-10-28(11-14)21(31)33-23(4,5)6/h7-8,12,14,25,29H,9-11H2,1-6H3,(H,26,30). The molecule has 10 heteroatoms. The van der Waals surface area contributed by atoms with Gasteiger partial charge < -0.3 is 29.8 Å². The van der Waals surface area contributed by atoms with Crippen LogP contribution < -0.4 is 10.6 Å². The molecular weight excluding hydrogens is 448 g/mol. The number of rotatable bonds is 5. The second kappa shape index (κ2) is 9.13. The van der Waals surface area contributed by atoms with Gasteiger partial charge >= 0.3 is 12.0 Å². The number of aromatic hydroxyl groups is 1. The van der Waals surface area contributed by atoms with Gasteiger partial charge in [-0.1, -0.05) is 32.4 Å². The van der Waals surface area contributed by atoms with Gasteiger partial charge in [-0.3, -0.25) is 4.79 Å². The Morgan fingerprint density at radius 1 is 1.24 bits per heavy atom. The molecule has 0 spiro atoms. The van der Waals surface area contributed by atoms with Gasteiger partial charge in [-0.15, -0.1) is 0 Å². The topological polar surface area (TPSA) is 117 Å². The van der Waals surface area contributed by atoms with Crippen molar-refractivity contribution >= 4 is 29.3 Å². The van der Waals surface area contributed by atoms with Gasteiger partial charge in [0, 0.05) is 24.2 Å². The van der Waals surface area contributed by atoms with Crippen molar-refractivity contribution in [1.82, 2.24) is 15.2 Å². The monoisotopic (exact) mass is 478 g/mol. The van der Waals surface area contributed by atoms with Crippen LogP contribution in [0.2, 0.25) is 5.02 Å². The summed E-state index contributed by atoms with van der Waals surface area (Å²) in [6, 6.07) is 3.12. The van der Waals surface area contributed by atoms with E-state index in [2.05, 4.69) is 15.6 Å². The third-order valence-corrected chi connectivity index (χ3v) is 5.28. The van der Waals surface area contributed by atoms with Crippen molar-refractivity contribution in [2.24, 2.45) is 0 Å². The molecule has 1 saturated heterocycles. The highest BCUT2D eigenvalue weighted by Crippen LogP contribution is 2.37. The summed E-state index contributed by atoms with van der Waals surface area (Å²) in [6.07, 6.45) is 0.977. The Morgan fingerprint density at radius 3 is 2.52 bits per heavy atom. The smallest absolute Gasteiger partial charge is 0.410 e. The second-order valence-electron chi connectivity index (χ2n) is 10.2. The van der Waals surface area contributed by atoms with E-state index < -0.39 is 17.6 Å². The molecule has 1 aromatic carbocycles. The summed E-state index contributed by atoms with van der Waals surface area (Å²) in [4.78, 5) is 30.1. The predicted molar refractivity (Wildman–Crippen MR) is 125 cm³/mol. The van der Waals surface area contributed by atoms with Gasteiger partial charge in [0.25, 0.3) is 5.89 Å². The van der Waals surface area contributed by atoms with E-state index in [4.69, 9.17) is 20.8 Å². The molecule has 0 radical (unpaired) electrons. The maximum atomic E-state index is 12.4. The molecule has 0 saturated carbocycles. The first-order valence-electron chi connectivity index (χ1n) is 10.7. The van der Waals surface area contributed by atoms with Gasteiger partial charge in [0.15, 0.2) is 0 Å². The summed E-state index contributed by atoms with van der Waals surface area (Å²) >= 11 is 6.27. The Bertz CT molecular complexity index is 1030. The van der Waals surface area contributed by atoms with Crippen LogP contribution in [0.25, 0.3) is 0 Å². The minimum atomic E-state index is -0.564. The number of hydrogen-bond acceptors (Lipinski definition) is 7. The lowest BCUT2D eigenvalue weighted by atomic mass is 9.86. The van der Waals surface area contributed by atoms with Crippen molar-refractivity contribution in [3.8, 4) is 5.75 Å². The normalized spacial score (nSPS) is 14.6. The van der Waals surface area contributed by atoms with E-state index in [1.54, 1.807) is 26.8 Å². The van der Waals surface area contributed by atoms with E-state index in [9.17, 15) is 14.7 Å². The summed E-state index contributed by atoms with van der Waals surface area (Å²) in [7, 11) is 0. The number of amides is 2. The Morgan fingerprint density at radius 2 is 1.91 bits per heavy atom. The number of nitrogens with zero attached hydrogens (tertiary/aromatic N) is 2. The summed E-state index contributed by atoms with van der Waals surface area (Å²) in [5.74, 6) is -0.508. The average molecular weight is 479 g/mol. The number of hydrogen-bond donors (Lipinski definition) is 3. The van der Waals surface area contributed by atoms with Crippen molar-refractivity contribution < 1.29 is 23.8 Å². The Balaban J connectivity index is 1.53. The van der Waals surface area contributed by atoms with E-state index in [1.807, 2.05) is 20.8 Å². The highest BCUT2D eigenvalue weighted by Gasteiger charge is 2.35. The maximum Gasteiger partial charge on any atom is 0.410 e. The first kappa shape index (κ1) is 24.7. The van der Waals surface area contributed by atoms with Crippen molar-refractivity contribution in [2.75, 3.05) is 18.4 Å². The highest BCUT2D eigenvalue weighted by molar-refractivity contribution is 6.31. The van der Waals surface area contributed by atoms with Gasteiger partial charge in [-0.25, -0.2) is 9.78 Å². The first-order valence-corrected chi connectivity index (χ1v) is 11.1. The molecule has 33 heavy (non-hydrogen) atoms. The van der Waals surface area contributed by atoms with Crippen LogP contribution in [-0.4, -0.2) is 51.7 Å². The Kier molecular flexibility index (Phi) is 6.83. The molecule has 0 unspecified atom stereocenters. The van der Waals surface area contributed by atoms with Crippen molar-refractivity contribution in [3.05, 3.63) is 40.6 Å². The maximum absolute atomic E-state index is 12.4. The molecular formula is C23H31ClN4O5. The zero-order valence-electron chi connectivity index (χ0n) is 19.8. The third-order valence-electron chi connectivity index (χ3n) is 4.97. The number of anilines is 1. The SMILES string of the molecule is CC(C)(C)OC(=O)N1CC(NC(=O)c2nc(CNc3cc(C(C)(C)C)c(Cl)cc3O)co2)C1. The number of oxazole rings is 1. The van der Waals surface area contributed by atoms with Crippen molar-refractivity contribution in [3.63, 3.8) is 0 Å². The molecule has 180 valence electrons. The van der Waals surface area contributed by atoms with E-state index in [0.717, 1.165) is 5.56 Å². The molecule has 2 heterocycles. The molecule has 2 amide bonds. The van der Waals surface area contributed by atoms with Gasteiger partial charge in [-0.2, -0.15) is 0 Å². The number of likely N-dealkylation sites (tertiary alicyclic amines) is 1. The summed E-state index contributed by atoms with van der Waals surface area (Å²) in [5.41, 5.74) is 1.14. The Labute approximate surface area is 198 Å². The number of benzene rings is 1. The van der Waals surface area contributed by atoms with E-state index in [1.165, 1.54) is 17.2 Å². The number of halogens is 1. The number of ether oxygens (including phenoxy) is 1. The molecule has 2 aromatic rings. The minimum Gasteiger partial charge on any atom is -0.506 e. The zero-order valence-corrected chi connectivity index (χ0v) is 20.5. The molecule has 0 atom stereocenters. The highest BCUT2D eigenvalue weighted by atomic mass is 35.5. The third kappa shape index (κ3) is 6.31. The molecule has 1 fully saturated rings. The van der Waals surface area contributed by atoms with E-state index in [-0.39, 0.29) is 29.6 Å². The molecule has 3 N–H and O–H groups in total. The second-order valence-corrected chi connectivity index (χ2v) is 10.6. The van der Waals surface area contributed by atoms with Crippen LogP contribution in [0.4, 0.5) is 10.5 Å². The lowest BCUT2D eigenvalue weighted by Gasteiger charge is -2.39. The van der Waals surface area contributed by atoms with Gasteiger partial charge in [-0.05, 0) is 37.8 Å². The molecule has 1 aliphatic rings. The van der Waals surface area contributed by atoms with Crippen molar-refractivity contribution in [2.45, 2.75) is 65.1 Å². The minimum absolute atomic E-state index is 0.0222. The molecule has 0 bridgehead atoms. The number of phenols is 1. The Hall–Kier alpha value is -2.94. The summed E-state index contributed by atoms with van der Waals surface area (Å²) in [6.45, 7) is 12.5. The fraction of sp³-hybridized carbons (Fsp3) is 0.522. The number of carbonyl (C=O) groups excluding carboxylic acids is 2. The van der Waals surface area contributed by atoms with Crippen LogP contribution >= 0.6 is 11.6 Å².